The maximum absolute atomic E-state index is 12.9. The van der Waals surface area contributed by atoms with Gasteiger partial charge < -0.3 is 10.2 Å². The third-order valence-electron chi connectivity index (χ3n) is 3.77. The molecule has 1 unspecified atom stereocenters. The molecule has 1 fully saturated rings. The van der Waals surface area contributed by atoms with Crippen LogP contribution in [0.5, 0.6) is 0 Å². The van der Waals surface area contributed by atoms with Crippen molar-refractivity contribution in [2.24, 2.45) is 0 Å². The molecule has 1 aromatic rings. The smallest absolute Gasteiger partial charge is 0.382 e. The van der Waals surface area contributed by atoms with Gasteiger partial charge in [0.15, 0.2) is 0 Å². The van der Waals surface area contributed by atoms with E-state index in [4.69, 9.17) is 5.26 Å². The molecule has 0 radical (unpaired) electrons. The highest BCUT2D eigenvalue weighted by atomic mass is 19.4. The molecule has 1 saturated heterocycles. The second-order valence-corrected chi connectivity index (χ2v) is 5.45. The fourth-order valence-corrected chi connectivity index (χ4v) is 2.59. The zero-order valence-corrected chi connectivity index (χ0v) is 11.9. The Morgan fingerprint density at radius 1 is 1.29 bits per heavy atom. The van der Waals surface area contributed by atoms with Crippen molar-refractivity contribution in [2.75, 3.05) is 25.5 Å². The highest BCUT2D eigenvalue weighted by Gasteiger charge is 2.34. The Hall–Kier alpha value is -1.74. The summed E-state index contributed by atoms with van der Waals surface area (Å²) >= 11 is 0. The molecule has 0 aliphatic carbocycles. The van der Waals surface area contributed by atoms with Crippen LogP contribution in [-0.2, 0) is 6.18 Å². The lowest BCUT2D eigenvalue weighted by Gasteiger charge is -2.19. The van der Waals surface area contributed by atoms with Gasteiger partial charge in [0.2, 0.25) is 0 Å². The molecule has 2 rings (SSSR count). The van der Waals surface area contributed by atoms with Crippen molar-refractivity contribution in [3.8, 4) is 6.07 Å². The molecule has 1 aromatic carbocycles. The lowest BCUT2D eigenvalue weighted by molar-refractivity contribution is -0.137. The van der Waals surface area contributed by atoms with Crippen molar-refractivity contribution in [3.05, 3.63) is 29.3 Å². The number of hydrogen-bond donors (Lipinski definition) is 1. The predicted octanol–water partition coefficient (Wildman–Crippen LogP) is 3.47. The average Bonchev–Trinajstić information content (AvgIpc) is 2.63. The molecule has 21 heavy (non-hydrogen) atoms. The largest absolute Gasteiger partial charge is 0.417 e. The van der Waals surface area contributed by atoms with Gasteiger partial charge in [0.1, 0.15) is 0 Å². The van der Waals surface area contributed by atoms with Gasteiger partial charge >= 0.3 is 6.18 Å². The Kier molecular flexibility index (Phi) is 4.73. The van der Waals surface area contributed by atoms with Gasteiger partial charge in [-0.1, -0.05) is 0 Å². The number of anilines is 1. The number of benzene rings is 1. The van der Waals surface area contributed by atoms with E-state index >= 15 is 0 Å². The number of halogens is 3. The first-order chi connectivity index (χ1) is 9.90. The van der Waals surface area contributed by atoms with E-state index in [0.717, 1.165) is 38.4 Å². The number of hydrogen-bond acceptors (Lipinski definition) is 3. The van der Waals surface area contributed by atoms with Gasteiger partial charge in [-0.15, -0.1) is 0 Å². The molecule has 0 aromatic heterocycles. The lowest BCUT2D eigenvalue weighted by atomic mass is 10.1. The molecular formula is C15H18F3N3. The summed E-state index contributed by atoms with van der Waals surface area (Å²) in [6, 6.07) is 5.57. The lowest BCUT2D eigenvalue weighted by Crippen LogP contribution is -2.23. The van der Waals surface area contributed by atoms with Crippen LogP contribution in [0, 0.1) is 11.3 Å². The molecule has 0 amide bonds. The van der Waals surface area contributed by atoms with Crippen LogP contribution in [-0.4, -0.2) is 31.1 Å². The van der Waals surface area contributed by atoms with Crippen molar-refractivity contribution in [1.29, 1.82) is 5.26 Å². The zero-order chi connectivity index (χ0) is 15.5. The van der Waals surface area contributed by atoms with Gasteiger partial charge in [0.05, 0.1) is 17.2 Å². The third kappa shape index (κ3) is 4.11. The van der Waals surface area contributed by atoms with Gasteiger partial charge in [-0.3, -0.25) is 0 Å². The molecule has 1 heterocycles. The fourth-order valence-electron chi connectivity index (χ4n) is 2.59. The van der Waals surface area contributed by atoms with Gasteiger partial charge in [0.25, 0.3) is 0 Å². The maximum Gasteiger partial charge on any atom is 0.417 e. The third-order valence-corrected chi connectivity index (χ3v) is 3.77. The minimum Gasteiger partial charge on any atom is -0.382 e. The Morgan fingerprint density at radius 3 is 2.71 bits per heavy atom. The molecule has 1 atom stereocenters. The quantitative estimate of drug-likeness (QED) is 0.908. The van der Waals surface area contributed by atoms with Crippen LogP contribution in [0.25, 0.3) is 0 Å². The SMILES string of the molecule is CN1CCCC(Nc2ccc(C#N)c(C(F)(F)F)c2)CC1. The van der Waals surface area contributed by atoms with Crippen molar-refractivity contribution in [3.63, 3.8) is 0 Å². The van der Waals surface area contributed by atoms with Crippen molar-refractivity contribution < 1.29 is 13.2 Å². The first kappa shape index (κ1) is 15.6. The monoisotopic (exact) mass is 297 g/mol. The Morgan fingerprint density at radius 2 is 2.05 bits per heavy atom. The Labute approximate surface area is 122 Å². The van der Waals surface area contributed by atoms with E-state index < -0.39 is 11.7 Å². The molecule has 1 N–H and O–H groups in total. The molecular weight excluding hydrogens is 279 g/mol. The molecule has 0 spiro atoms. The first-order valence-electron chi connectivity index (χ1n) is 6.96. The second-order valence-electron chi connectivity index (χ2n) is 5.45. The Bertz CT molecular complexity index is 534. The maximum atomic E-state index is 12.9. The summed E-state index contributed by atoms with van der Waals surface area (Å²) in [5.74, 6) is 0. The molecule has 1 aliphatic rings. The van der Waals surface area contributed by atoms with E-state index in [1.165, 1.54) is 6.07 Å². The van der Waals surface area contributed by atoms with E-state index in [1.807, 2.05) is 7.05 Å². The average molecular weight is 297 g/mol. The van der Waals surface area contributed by atoms with Gasteiger partial charge in [0, 0.05) is 11.7 Å². The Balaban J connectivity index is 2.16. The van der Waals surface area contributed by atoms with Crippen molar-refractivity contribution in [2.45, 2.75) is 31.5 Å². The summed E-state index contributed by atoms with van der Waals surface area (Å²) in [6.07, 6.45) is -1.65. The zero-order valence-electron chi connectivity index (χ0n) is 11.9. The summed E-state index contributed by atoms with van der Waals surface area (Å²) in [4.78, 5) is 2.22. The van der Waals surface area contributed by atoms with Gasteiger partial charge in [-0.05, 0) is 57.6 Å². The van der Waals surface area contributed by atoms with Crippen LogP contribution in [0.15, 0.2) is 18.2 Å². The first-order valence-corrected chi connectivity index (χ1v) is 6.96. The van der Waals surface area contributed by atoms with E-state index in [1.54, 1.807) is 12.1 Å². The van der Waals surface area contributed by atoms with E-state index in [-0.39, 0.29) is 11.6 Å². The molecule has 0 saturated carbocycles. The van der Waals surface area contributed by atoms with Crippen molar-refractivity contribution >= 4 is 5.69 Å². The minimum atomic E-state index is -4.51. The van der Waals surface area contributed by atoms with E-state index in [0.29, 0.717) is 5.69 Å². The number of alkyl halides is 3. The minimum absolute atomic E-state index is 0.170. The van der Waals surface area contributed by atoms with E-state index in [9.17, 15) is 13.2 Å². The van der Waals surface area contributed by atoms with Gasteiger partial charge in [-0.25, -0.2) is 0 Å². The summed E-state index contributed by atoms with van der Waals surface area (Å²) in [6.45, 7) is 1.94. The molecule has 1 aliphatic heterocycles. The predicted molar refractivity (Wildman–Crippen MR) is 74.9 cm³/mol. The van der Waals surface area contributed by atoms with Crippen LogP contribution >= 0.6 is 0 Å². The molecule has 3 nitrogen and oxygen atoms in total. The van der Waals surface area contributed by atoms with Crippen LogP contribution in [0.4, 0.5) is 18.9 Å². The normalized spacial score (nSPS) is 20.6. The highest BCUT2D eigenvalue weighted by molar-refractivity contribution is 5.53. The summed E-state index contributed by atoms with van der Waals surface area (Å²) in [5, 5.41) is 12.0. The second kappa shape index (κ2) is 6.35. The van der Waals surface area contributed by atoms with Crippen LogP contribution < -0.4 is 5.32 Å². The van der Waals surface area contributed by atoms with E-state index in [2.05, 4.69) is 10.2 Å². The molecule has 6 heteroatoms. The fraction of sp³-hybridized carbons (Fsp3) is 0.533. The highest BCUT2D eigenvalue weighted by Crippen LogP contribution is 2.33. The molecule has 0 bridgehead atoms. The number of nitrogens with one attached hydrogen (secondary N) is 1. The number of nitriles is 1. The van der Waals surface area contributed by atoms with Crippen LogP contribution in [0.2, 0.25) is 0 Å². The number of likely N-dealkylation sites (tertiary alicyclic amines) is 1. The van der Waals surface area contributed by atoms with Crippen LogP contribution in [0.3, 0.4) is 0 Å². The van der Waals surface area contributed by atoms with Gasteiger partial charge in [-0.2, -0.15) is 18.4 Å². The topological polar surface area (TPSA) is 39.1 Å². The summed E-state index contributed by atoms with van der Waals surface area (Å²) in [7, 11) is 2.05. The standard InChI is InChI=1S/C15H18F3N3/c1-21-7-2-3-12(6-8-21)20-13-5-4-11(10-19)14(9-13)15(16,17)18/h4-5,9,12,20H,2-3,6-8H2,1H3. The number of rotatable bonds is 2. The number of nitrogens with zero attached hydrogens (tertiary/aromatic N) is 2. The summed E-state index contributed by atoms with van der Waals surface area (Å²) in [5.41, 5.74) is -0.787. The molecule has 114 valence electrons. The summed E-state index contributed by atoms with van der Waals surface area (Å²) < 4.78 is 38.8. The van der Waals surface area contributed by atoms with Crippen LogP contribution in [0.1, 0.15) is 30.4 Å². The van der Waals surface area contributed by atoms with Crippen molar-refractivity contribution in [1.82, 2.24) is 4.90 Å².